The second-order valence-electron chi connectivity index (χ2n) is 7.67. The highest BCUT2D eigenvalue weighted by atomic mass is 32.2. The van der Waals surface area contributed by atoms with Gasteiger partial charge in [-0.3, -0.25) is 9.69 Å². The molecule has 8 nitrogen and oxygen atoms in total. The minimum atomic E-state index is -3.64. The van der Waals surface area contributed by atoms with Crippen molar-refractivity contribution in [1.29, 1.82) is 0 Å². The van der Waals surface area contributed by atoms with Gasteiger partial charge in [0.25, 0.3) is 5.91 Å². The summed E-state index contributed by atoms with van der Waals surface area (Å²) in [5.41, 5.74) is 2.38. The van der Waals surface area contributed by atoms with E-state index < -0.39 is 10.0 Å². The molecule has 3 rings (SSSR count). The van der Waals surface area contributed by atoms with Gasteiger partial charge in [0.05, 0.1) is 10.6 Å². The second kappa shape index (κ2) is 8.64. The zero-order chi connectivity index (χ0) is 21.2. The Morgan fingerprint density at radius 2 is 1.90 bits per heavy atom. The third-order valence-electron chi connectivity index (χ3n) is 5.00. The molecule has 29 heavy (non-hydrogen) atoms. The summed E-state index contributed by atoms with van der Waals surface area (Å²) in [6.45, 7) is 10.8. The average molecular weight is 421 g/mol. The molecular weight excluding hydrogens is 392 g/mol. The fourth-order valence-electron chi connectivity index (χ4n) is 3.42. The SMILES string of the molecule is Cc1noc(C)c1CN1CCN(C(=O)c2cccc(S(=O)(=O)NC(C)C)c2)CC1. The van der Waals surface area contributed by atoms with E-state index in [2.05, 4.69) is 14.8 Å². The first-order valence-corrected chi connectivity index (χ1v) is 11.2. The molecule has 158 valence electrons. The first-order valence-electron chi connectivity index (χ1n) is 9.73. The van der Waals surface area contributed by atoms with Gasteiger partial charge in [0.15, 0.2) is 0 Å². The molecule has 0 saturated carbocycles. The lowest BCUT2D eigenvalue weighted by atomic mass is 10.1. The van der Waals surface area contributed by atoms with E-state index in [0.29, 0.717) is 18.7 Å². The molecule has 1 aliphatic rings. The van der Waals surface area contributed by atoms with Gasteiger partial charge in [0.1, 0.15) is 5.76 Å². The van der Waals surface area contributed by atoms with Crippen LogP contribution in [-0.4, -0.2) is 61.5 Å². The summed E-state index contributed by atoms with van der Waals surface area (Å²) in [5, 5.41) is 3.99. The van der Waals surface area contributed by atoms with Crippen molar-refractivity contribution in [2.45, 2.75) is 45.2 Å². The molecule has 1 aromatic heterocycles. The van der Waals surface area contributed by atoms with Crippen LogP contribution in [0.25, 0.3) is 0 Å². The lowest BCUT2D eigenvalue weighted by Gasteiger charge is -2.34. The Morgan fingerprint density at radius 1 is 1.21 bits per heavy atom. The Hall–Kier alpha value is -2.23. The topological polar surface area (TPSA) is 95.8 Å². The minimum Gasteiger partial charge on any atom is -0.361 e. The number of sulfonamides is 1. The first-order chi connectivity index (χ1) is 13.7. The molecule has 9 heteroatoms. The van der Waals surface area contributed by atoms with E-state index in [0.717, 1.165) is 36.7 Å². The summed E-state index contributed by atoms with van der Waals surface area (Å²) < 4.78 is 32.5. The monoisotopic (exact) mass is 420 g/mol. The van der Waals surface area contributed by atoms with Crippen molar-refractivity contribution >= 4 is 15.9 Å². The van der Waals surface area contributed by atoms with E-state index in [-0.39, 0.29) is 16.8 Å². The van der Waals surface area contributed by atoms with Crippen LogP contribution >= 0.6 is 0 Å². The van der Waals surface area contributed by atoms with Gasteiger partial charge in [0.2, 0.25) is 10.0 Å². The third kappa shape index (κ3) is 5.04. The number of benzene rings is 1. The van der Waals surface area contributed by atoms with Gasteiger partial charge >= 0.3 is 0 Å². The second-order valence-corrected chi connectivity index (χ2v) is 9.39. The summed E-state index contributed by atoms with van der Waals surface area (Å²) in [6, 6.07) is 6.00. The molecule has 0 atom stereocenters. The van der Waals surface area contributed by atoms with Gasteiger partial charge in [0, 0.05) is 49.9 Å². The Bertz CT molecular complexity index is 957. The van der Waals surface area contributed by atoms with Crippen LogP contribution in [0.4, 0.5) is 0 Å². The highest BCUT2D eigenvalue weighted by Gasteiger charge is 2.25. The van der Waals surface area contributed by atoms with Crippen LogP contribution in [0.3, 0.4) is 0 Å². The maximum atomic E-state index is 12.9. The van der Waals surface area contributed by atoms with Gasteiger partial charge in [-0.05, 0) is 45.9 Å². The zero-order valence-corrected chi connectivity index (χ0v) is 18.1. The molecule has 1 amide bonds. The molecule has 1 aromatic carbocycles. The number of aromatic nitrogens is 1. The van der Waals surface area contributed by atoms with Crippen molar-refractivity contribution in [3.63, 3.8) is 0 Å². The van der Waals surface area contributed by atoms with E-state index in [4.69, 9.17) is 4.52 Å². The Labute approximate surface area is 171 Å². The molecule has 2 heterocycles. The van der Waals surface area contributed by atoms with Gasteiger partial charge in [-0.1, -0.05) is 11.2 Å². The Kier molecular flexibility index (Phi) is 6.40. The number of hydrogen-bond acceptors (Lipinski definition) is 6. The third-order valence-corrected chi connectivity index (χ3v) is 6.66. The zero-order valence-electron chi connectivity index (χ0n) is 17.3. The number of nitrogens with zero attached hydrogens (tertiary/aromatic N) is 3. The number of piperazine rings is 1. The molecular formula is C20H28N4O4S. The van der Waals surface area contributed by atoms with Crippen LogP contribution in [0, 0.1) is 13.8 Å². The lowest BCUT2D eigenvalue weighted by molar-refractivity contribution is 0.0627. The molecule has 1 aliphatic heterocycles. The molecule has 2 aromatic rings. The molecule has 1 saturated heterocycles. The summed E-state index contributed by atoms with van der Waals surface area (Å²) in [5.74, 6) is 0.678. The van der Waals surface area contributed by atoms with Crippen molar-refractivity contribution in [3.05, 3.63) is 46.8 Å². The predicted molar refractivity (Wildman–Crippen MR) is 109 cm³/mol. The number of rotatable bonds is 6. The summed E-state index contributed by atoms with van der Waals surface area (Å²) in [4.78, 5) is 17.0. The van der Waals surface area contributed by atoms with E-state index in [1.807, 2.05) is 13.8 Å². The number of carbonyl (C=O) groups excluding carboxylic acids is 1. The standard InChI is InChI=1S/C20H28N4O4S/c1-14(2)22-29(26,27)18-7-5-6-17(12-18)20(25)24-10-8-23(9-11-24)13-19-15(3)21-28-16(19)4/h5-7,12,14,22H,8-11,13H2,1-4H3. The fraction of sp³-hybridized carbons (Fsp3) is 0.500. The number of amides is 1. The molecule has 1 fully saturated rings. The lowest BCUT2D eigenvalue weighted by Crippen LogP contribution is -2.48. The van der Waals surface area contributed by atoms with Crippen molar-refractivity contribution in [2.24, 2.45) is 0 Å². The van der Waals surface area contributed by atoms with Crippen LogP contribution in [0.2, 0.25) is 0 Å². The number of carbonyl (C=O) groups is 1. The van der Waals surface area contributed by atoms with Gasteiger partial charge in [-0.2, -0.15) is 0 Å². The highest BCUT2D eigenvalue weighted by Crippen LogP contribution is 2.18. The molecule has 0 bridgehead atoms. The fourth-order valence-corrected chi connectivity index (χ4v) is 4.71. The average Bonchev–Trinajstić information content (AvgIpc) is 2.99. The number of nitrogens with one attached hydrogen (secondary N) is 1. The molecule has 0 aliphatic carbocycles. The van der Waals surface area contributed by atoms with Gasteiger partial charge in [-0.15, -0.1) is 0 Å². The number of hydrogen-bond donors (Lipinski definition) is 1. The first kappa shape index (κ1) is 21.5. The molecule has 0 radical (unpaired) electrons. The van der Waals surface area contributed by atoms with Crippen molar-refractivity contribution in [1.82, 2.24) is 19.7 Å². The van der Waals surface area contributed by atoms with Crippen molar-refractivity contribution in [3.8, 4) is 0 Å². The van der Waals surface area contributed by atoms with Crippen LogP contribution in [0.1, 0.15) is 41.2 Å². The smallest absolute Gasteiger partial charge is 0.253 e. The van der Waals surface area contributed by atoms with E-state index >= 15 is 0 Å². The van der Waals surface area contributed by atoms with Gasteiger partial charge in [-0.25, -0.2) is 13.1 Å². The van der Waals surface area contributed by atoms with Gasteiger partial charge < -0.3 is 9.42 Å². The highest BCUT2D eigenvalue weighted by molar-refractivity contribution is 7.89. The maximum absolute atomic E-state index is 12.9. The summed E-state index contributed by atoms with van der Waals surface area (Å²) >= 11 is 0. The van der Waals surface area contributed by atoms with E-state index in [1.165, 1.54) is 12.1 Å². The molecule has 1 N–H and O–H groups in total. The normalized spacial score (nSPS) is 15.8. The predicted octanol–water partition coefficient (Wildman–Crippen LogP) is 1.94. The van der Waals surface area contributed by atoms with Crippen molar-refractivity contribution in [2.75, 3.05) is 26.2 Å². The minimum absolute atomic E-state index is 0.106. The van der Waals surface area contributed by atoms with Crippen LogP contribution in [-0.2, 0) is 16.6 Å². The van der Waals surface area contributed by atoms with Crippen LogP contribution < -0.4 is 4.72 Å². The number of aryl methyl sites for hydroxylation is 2. The maximum Gasteiger partial charge on any atom is 0.253 e. The molecule has 0 unspecified atom stereocenters. The van der Waals surface area contributed by atoms with Crippen LogP contribution in [0.5, 0.6) is 0 Å². The Morgan fingerprint density at radius 3 is 2.48 bits per heavy atom. The van der Waals surface area contributed by atoms with Crippen LogP contribution in [0.15, 0.2) is 33.7 Å². The molecule has 0 spiro atoms. The Balaban J connectivity index is 1.64. The summed E-state index contributed by atoms with van der Waals surface area (Å²) in [6.07, 6.45) is 0. The quantitative estimate of drug-likeness (QED) is 0.767. The van der Waals surface area contributed by atoms with Crippen molar-refractivity contribution < 1.29 is 17.7 Å². The summed E-state index contributed by atoms with van der Waals surface area (Å²) in [7, 11) is -3.64. The van der Waals surface area contributed by atoms with E-state index in [1.54, 1.807) is 30.9 Å². The van der Waals surface area contributed by atoms with E-state index in [9.17, 15) is 13.2 Å². The largest absolute Gasteiger partial charge is 0.361 e.